The van der Waals surface area contributed by atoms with E-state index in [9.17, 15) is 9.59 Å². The van der Waals surface area contributed by atoms with Crippen LogP contribution in [0.4, 0.5) is 0 Å². The molecule has 0 amide bonds. The first kappa shape index (κ1) is 14.7. The van der Waals surface area contributed by atoms with E-state index in [1.807, 2.05) is 18.2 Å². The van der Waals surface area contributed by atoms with Gasteiger partial charge in [0.2, 0.25) is 0 Å². The van der Waals surface area contributed by atoms with Crippen LogP contribution in [-0.4, -0.2) is 36.3 Å². The first-order chi connectivity index (χ1) is 9.63. The zero-order chi connectivity index (χ0) is 14.5. The molecule has 0 aliphatic carbocycles. The highest BCUT2D eigenvalue weighted by Crippen LogP contribution is 2.25. The number of piperidine rings is 1. The van der Waals surface area contributed by atoms with E-state index < -0.39 is 5.92 Å². The number of ether oxygens (including phenoxy) is 1. The molecule has 108 valence electrons. The molecule has 0 radical (unpaired) electrons. The van der Waals surface area contributed by atoms with Gasteiger partial charge in [0, 0.05) is 12.6 Å². The number of benzene rings is 1. The Labute approximate surface area is 119 Å². The van der Waals surface area contributed by atoms with Crippen LogP contribution in [0.5, 0.6) is 0 Å². The fraction of sp³-hybridized carbons (Fsp3) is 0.500. The number of carbonyl (C=O) groups is 2. The summed E-state index contributed by atoms with van der Waals surface area (Å²) in [4.78, 5) is 25.9. The van der Waals surface area contributed by atoms with Crippen molar-refractivity contribution in [2.45, 2.75) is 26.3 Å². The number of carbonyl (C=O) groups excluding carboxylic acids is 2. The van der Waals surface area contributed by atoms with Gasteiger partial charge < -0.3 is 4.74 Å². The Morgan fingerprint density at radius 2 is 2.10 bits per heavy atom. The summed E-state index contributed by atoms with van der Waals surface area (Å²) < 4.78 is 4.95. The fourth-order valence-electron chi connectivity index (χ4n) is 2.61. The minimum atomic E-state index is -0.575. The van der Waals surface area contributed by atoms with Gasteiger partial charge >= 0.3 is 5.97 Å². The van der Waals surface area contributed by atoms with Crippen LogP contribution in [0.2, 0.25) is 0 Å². The summed E-state index contributed by atoms with van der Waals surface area (Å²) in [6, 6.07) is 10.3. The monoisotopic (exact) mass is 275 g/mol. The topological polar surface area (TPSA) is 46.6 Å². The van der Waals surface area contributed by atoms with Gasteiger partial charge in [-0.25, -0.2) is 0 Å². The molecule has 1 aliphatic rings. The van der Waals surface area contributed by atoms with Crippen molar-refractivity contribution in [3.8, 4) is 0 Å². The van der Waals surface area contributed by atoms with Gasteiger partial charge in [0.05, 0.1) is 13.2 Å². The highest BCUT2D eigenvalue weighted by Gasteiger charge is 2.35. The van der Waals surface area contributed by atoms with Gasteiger partial charge in [-0.05, 0) is 25.8 Å². The van der Waals surface area contributed by atoms with E-state index in [2.05, 4.69) is 24.0 Å². The molecule has 1 aromatic carbocycles. The van der Waals surface area contributed by atoms with E-state index in [4.69, 9.17) is 4.74 Å². The summed E-state index contributed by atoms with van der Waals surface area (Å²) in [5, 5.41) is 0. The molecule has 0 spiro atoms. The van der Waals surface area contributed by atoms with Crippen molar-refractivity contribution in [1.29, 1.82) is 0 Å². The predicted molar refractivity (Wildman–Crippen MR) is 76.2 cm³/mol. The Bertz CT molecular complexity index is 472. The predicted octanol–water partition coefficient (Wildman–Crippen LogP) is 2.20. The van der Waals surface area contributed by atoms with Gasteiger partial charge in [0.15, 0.2) is 5.78 Å². The summed E-state index contributed by atoms with van der Waals surface area (Å²) in [6.45, 7) is 5.24. The maximum absolute atomic E-state index is 12.1. The number of rotatable bonds is 4. The van der Waals surface area contributed by atoms with Crippen molar-refractivity contribution in [3.05, 3.63) is 35.9 Å². The first-order valence-corrected chi connectivity index (χ1v) is 7.11. The van der Waals surface area contributed by atoms with E-state index in [-0.39, 0.29) is 17.8 Å². The zero-order valence-corrected chi connectivity index (χ0v) is 12.0. The van der Waals surface area contributed by atoms with Gasteiger partial charge in [-0.2, -0.15) is 0 Å². The van der Waals surface area contributed by atoms with Crippen molar-refractivity contribution in [3.63, 3.8) is 0 Å². The van der Waals surface area contributed by atoms with Crippen LogP contribution >= 0.6 is 0 Å². The summed E-state index contributed by atoms with van der Waals surface area (Å²) in [5.41, 5.74) is 1.19. The Balaban J connectivity index is 1.99. The fourth-order valence-corrected chi connectivity index (χ4v) is 2.61. The minimum Gasteiger partial charge on any atom is -0.465 e. The molecule has 1 aliphatic heterocycles. The lowest BCUT2D eigenvalue weighted by Crippen LogP contribution is -2.45. The van der Waals surface area contributed by atoms with Crippen LogP contribution in [-0.2, 0) is 14.3 Å². The quantitative estimate of drug-likeness (QED) is 0.624. The molecule has 1 heterocycles. The molecule has 0 aromatic heterocycles. The minimum absolute atomic E-state index is 0.0301. The molecule has 0 bridgehead atoms. The van der Waals surface area contributed by atoms with Crippen LogP contribution in [0.25, 0.3) is 0 Å². The zero-order valence-electron chi connectivity index (χ0n) is 12.0. The average molecular weight is 275 g/mol. The molecule has 4 nitrogen and oxygen atoms in total. The van der Waals surface area contributed by atoms with Gasteiger partial charge in [-0.3, -0.25) is 14.5 Å². The third kappa shape index (κ3) is 3.25. The van der Waals surface area contributed by atoms with Gasteiger partial charge in [0.25, 0.3) is 0 Å². The Kier molecular flexibility index (Phi) is 4.90. The number of esters is 1. The summed E-state index contributed by atoms with van der Waals surface area (Å²) >= 11 is 0. The smallest absolute Gasteiger partial charge is 0.316 e. The Morgan fingerprint density at radius 1 is 1.40 bits per heavy atom. The molecule has 0 N–H and O–H groups in total. The molecule has 4 heteroatoms. The molecule has 2 atom stereocenters. The summed E-state index contributed by atoms with van der Waals surface area (Å²) in [6.07, 6.45) is 0.550. The largest absolute Gasteiger partial charge is 0.465 e. The number of ketones is 1. The molecule has 1 fully saturated rings. The molecular weight excluding hydrogens is 254 g/mol. The molecule has 2 unspecified atom stereocenters. The van der Waals surface area contributed by atoms with Crippen molar-refractivity contribution < 1.29 is 14.3 Å². The lowest BCUT2D eigenvalue weighted by atomic mass is 9.93. The Morgan fingerprint density at radius 3 is 2.70 bits per heavy atom. The second-order valence-corrected chi connectivity index (χ2v) is 5.12. The normalized spacial score (nSPS) is 21.5. The average Bonchev–Trinajstić information content (AvgIpc) is 2.47. The van der Waals surface area contributed by atoms with Gasteiger partial charge in [-0.1, -0.05) is 30.3 Å². The molecule has 20 heavy (non-hydrogen) atoms. The third-order valence-corrected chi connectivity index (χ3v) is 3.85. The number of nitrogens with zero attached hydrogens (tertiary/aromatic N) is 1. The molecule has 2 rings (SSSR count). The molecule has 1 saturated heterocycles. The van der Waals surface area contributed by atoms with Crippen LogP contribution in [0.3, 0.4) is 0 Å². The second-order valence-electron chi connectivity index (χ2n) is 5.12. The van der Waals surface area contributed by atoms with Crippen molar-refractivity contribution >= 4 is 11.8 Å². The number of hydrogen-bond donors (Lipinski definition) is 0. The van der Waals surface area contributed by atoms with E-state index in [0.29, 0.717) is 19.6 Å². The maximum Gasteiger partial charge on any atom is 0.316 e. The molecule has 1 aromatic rings. The summed E-state index contributed by atoms with van der Waals surface area (Å²) in [5.74, 6) is -0.976. The lowest BCUT2D eigenvalue weighted by Gasteiger charge is -2.34. The van der Waals surface area contributed by atoms with Crippen LogP contribution < -0.4 is 0 Å². The number of Topliss-reactive ketones (excluding diaryl/α,β-unsaturated/α-hetero) is 1. The maximum atomic E-state index is 12.1. The van der Waals surface area contributed by atoms with Crippen molar-refractivity contribution in [2.75, 3.05) is 19.7 Å². The lowest BCUT2D eigenvalue weighted by molar-refractivity contribution is -0.154. The Hall–Kier alpha value is -1.68. The molecular formula is C16H21NO3. The highest BCUT2D eigenvalue weighted by molar-refractivity contribution is 6.00. The third-order valence-electron chi connectivity index (χ3n) is 3.85. The number of hydrogen-bond acceptors (Lipinski definition) is 4. The van der Waals surface area contributed by atoms with Gasteiger partial charge in [0.1, 0.15) is 5.92 Å². The summed E-state index contributed by atoms with van der Waals surface area (Å²) in [7, 11) is 0. The van der Waals surface area contributed by atoms with Gasteiger partial charge in [-0.15, -0.1) is 0 Å². The number of likely N-dealkylation sites (tertiary alicyclic amines) is 1. The van der Waals surface area contributed by atoms with Crippen molar-refractivity contribution in [1.82, 2.24) is 4.90 Å². The van der Waals surface area contributed by atoms with E-state index in [0.717, 1.165) is 6.54 Å². The van der Waals surface area contributed by atoms with Crippen molar-refractivity contribution in [2.24, 2.45) is 5.92 Å². The van der Waals surface area contributed by atoms with E-state index in [1.165, 1.54) is 5.56 Å². The van der Waals surface area contributed by atoms with Crippen LogP contribution in [0.15, 0.2) is 30.3 Å². The molecule has 0 saturated carbocycles. The first-order valence-electron chi connectivity index (χ1n) is 7.11. The van der Waals surface area contributed by atoms with E-state index >= 15 is 0 Å². The highest BCUT2D eigenvalue weighted by atomic mass is 16.5. The van der Waals surface area contributed by atoms with Crippen LogP contribution in [0.1, 0.15) is 31.9 Å². The second kappa shape index (κ2) is 6.66. The standard InChI is InChI=1S/C16H21NO3/c1-3-20-16(19)14-9-10-17(11-15(14)18)12(2)13-7-5-4-6-8-13/h4-8,12,14H,3,9-11H2,1-2H3. The SMILES string of the molecule is CCOC(=O)C1CCN(C(C)c2ccccc2)CC1=O. The van der Waals surface area contributed by atoms with E-state index in [1.54, 1.807) is 6.92 Å². The van der Waals surface area contributed by atoms with Crippen LogP contribution in [0, 0.1) is 5.92 Å².